The maximum atomic E-state index is 12.2. The van der Waals surface area contributed by atoms with E-state index in [4.69, 9.17) is 11.5 Å². The van der Waals surface area contributed by atoms with Crippen LogP contribution in [0.15, 0.2) is 10.9 Å². The SMILES string of the molecule is NCc1cc(N)c(C(F)F)c(=O)[nH]1. The lowest BCUT2D eigenvalue weighted by atomic mass is 10.2. The van der Waals surface area contributed by atoms with Crippen LogP contribution < -0.4 is 17.0 Å². The van der Waals surface area contributed by atoms with Crippen LogP contribution in [0.5, 0.6) is 0 Å². The van der Waals surface area contributed by atoms with Gasteiger partial charge in [0, 0.05) is 17.9 Å². The number of anilines is 1. The molecule has 1 rings (SSSR count). The van der Waals surface area contributed by atoms with Gasteiger partial charge in [-0.2, -0.15) is 0 Å². The van der Waals surface area contributed by atoms with Crippen molar-refractivity contribution < 1.29 is 8.78 Å². The van der Waals surface area contributed by atoms with Gasteiger partial charge in [-0.15, -0.1) is 0 Å². The van der Waals surface area contributed by atoms with Gasteiger partial charge in [0.1, 0.15) is 5.56 Å². The van der Waals surface area contributed by atoms with Gasteiger partial charge in [0.25, 0.3) is 12.0 Å². The van der Waals surface area contributed by atoms with E-state index < -0.39 is 17.5 Å². The number of nitrogens with one attached hydrogen (secondary N) is 1. The molecule has 0 aliphatic rings. The van der Waals surface area contributed by atoms with E-state index in [2.05, 4.69) is 4.98 Å². The Morgan fingerprint density at radius 2 is 2.15 bits per heavy atom. The molecule has 5 N–H and O–H groups in total. The number of hydrogen-bond donors (Lipinski definition) is 3. The molecular weight excluding hydrogens is 180 g/mol. The summed E-state index contributed by atoms with van der Waals surface area (Å²) in [7, 11) is 0. The van der Waals surface area contributed by atoms with E-state index in [1.807, 2.05) is 0 Å². The van der Waals surface area contributed by atoms with Crippen LogP contribution in [-0.4, -0.2) is 4.98 Å². The Balaban J connectivity index is 3.32. The Morgan fingerprint density at radius 3 is 2.54 bits per heavy atom. The van der Waals surface area contributed by atoms with E-state index in [0.29, 0.717) is 5.69 Å². The molecule has 6 heteroatoms. The Hall–Kier alpha value is -1.43. The third-order valence-corrected chi connectivity index (χ3v) is 1.60. The molecule has 0 radical (unpaired) electrons. The number of H-pyrrole nitrogens is 1. The van der Waals surface area contributed by atoms with Gasteiger partial charge in [-0.1, -0.05) is 0 Å². The number of rotatable bonds is 2. The van der Waals surface area contributed by atoms with Crippen molar-refractivity contribution in [3.63, 3.8) is 0 Å². The summed E-state index contributed by atoms with van der Waals surface area (Å²) in [5.41, 5.74) is 8.98. The van der Waals surface area contributed by atoms with Gasteiger partial charge in [0.2, 0.25) is 0 Å². The summed E-state index contributed by atoms with van der Waals surface area (Å²) in [5, 5.41) is 0. The zero-order valence-electron chi connectivity index (χ0n) is 6.68. The fraction of sp³-hybridized carbons (Fsp3) is 0.286. The van der Waals surface area contributed by atoms with Crippen LogP contribution in [0.4, 0.5) is 14.5 Å². The van der Waals surface area contributed by atoms with E-state index in [9.17, 15) is 13.6 Å². The van der Waals surface area contributed by atoms with Crippen LogP contribution in [0.2, 0.25) is 0 Å². The summed E-state index contributed by atoms with van der Waals surface area (Å²) in [4.78, 5) is 13.2. The highest BCUT2D eigenvalue weighted by molar-refractivity contribution is 5.47. The van der Waals surface area contributed by atoms with E-state index in [1.54, 1.807) is 0 Å². The lowest BCUT2D eigenvalue weighted by molar-refractivity contribution is 0.150. The summed E-state index contributed by atoms with van der Waals surface area (Å²) in [5.74, 6) is 0. The van der Waals surface area contributed by atoms with Crippen LogP contribution in [-0.2, 0) is 6.54 Å². The third-order valence-electron chi connectivity index (χ3n) is 1.60. The predicted molar refractivity (Wildman–Crippen MR) is 44.3 cm³/mol. The van der Waals surface area contributed by atoms with Crippen molar-refractivity contribution in [3.05, 3.63) is 27.7 Å². The summed E-state index contributed by atoms with van der Waals surface area (Å²) >= 11 is 0. The summed E-state index contributed by atoms with van der Waals surface area (Å²) in [6, 6.07) is 1.24. The largest absolute Gasteiger partial charge is 0.398 e. The topological polar surface area (TPSA) is 84.9 Å². The van der Waals surface area contributed by atoms with E-state index >= 15 is 0 Å². The lowest BCUT2D eigenvalue weighted by Crippen LogP contribution is -2.19. The first-order valence-corrected chi connectivity index (χ1v) is 3.56. The maximum Gasteiger partial charge on any atom is 0.271 e. The van der Waals surface area contributed by atoms with Crippen LogP contribution >= 0.6 is 0 Å². The average Bonchev–Trinajstić information content (AvgIpc) is 2.02. The molecule has 72 valence electrons. The minimum absolute atomic E-state index is 0.0585. The number of aromatic nitrogens is 1. The monoisotopic (exact) mass is 189 g/mol. The fourth-order valence-electron chi connectivity index (χ4n) is 0.981. The normalized spacial score (nSPS) is 10.8. The van der Waals surface area contributed by atoms with Crippen molar-refractivity contribution in [2.75, 3.05) is 5.73 Å². The molecule has 1 heterocycles. The number of alkyl halides is 2. The molecule has 0 unspecified atom stereocenters. The quantitative estimate of drug-likeness (QED) is 0.627. The molecule has 0 saturated heterocycles. The number of hydrogen-bond acceptors (Lipinski definition) is 3. The predicted octanol–water partition coefficient (Wildman–Crippen LogP) is 0.353. The Labute approximate surface area is 72.6 Å². The molecule has 0 bridgehead atoms. The lowest BCUT2D eigenvalue weighted by Gasteiger charge is -2.04. The van der Waals surface area contributed by atoms with Gasteiger partial charge in [-0.25, -0.2) is 8.78 Å². The van der Waals surface area contributed by atoms with Gasteiger partial charge in [-0.05, 0) is 6.07 Å². The standard InChI is InChI=1S/C7H9F2N3O/c8-6(9)5-4(11)1-3(2-10)12-7(5)13/h1,6H,2,10H2,(H3,11,12,13). The zero-order valence-corrected chi connectivity index (χ0v) is 6.68. The smallest absolute Gasteiger partial charge is 0.271 e. The second-order valence-corrected chi connectivity index (χ2v) is 2.50. The molecule has 0 saturated carbocycles. The molecule has 0 spiro atoms. The first-order chi connectivity index (χ1) is 6.06. The molecule has 0 aliphatic heterocycles. The molecule has 0 fully saturated rings. The number of pyridine rings is 1. The Kier molecular flexibility index (Phi) is 2.62. The molecule has 0 atom stereocenters. The van der Waals surface area contributed by atoms with Crippen LogP contribution in [0.25, 0.3) is 0 Å². The first-order valence-electron chi connectivity index (χ1n) is 3.56. The Bertz CT molecular complexity index is 361. The maximum absolute atomic E-state index is 12.2. The second kappa shape index (κ2) is 3.53. The highest BCUT2D eigenvalue weighted by Crippen LogP contribution is 2.20. The summed E-state index contributed by atoms with van der Waals surface area (Å²) < 4.78 is 24.4. The summed E-state index contributed by atoms with van der Waals surface area (Å²) in [6.45, 7) is 0.0585. The van der Waals surface area contributed by atoms with E-state index in [1.165, 1.54) is 6.07 Å². The van der Waals surface area contributed by atoms with Gasteiger partial charge in [0.05, 0.1) is 0 Å². The number of nitrogens with two attached hydrogens (primary N) is 2. The fourth-order valence-corrected chi connectivity index (χ4v) is 0.981. The molecular formula is C7H9F2N3O. The molecule has 0 aromatic carbocycles. The third kappa shape index (κ3) is 1.83. The highest BCUT2D eigenvalue weighted by Gasteiger charge is 2.16. The van der Waals surface area contributed by atoms with Gasteiger partial charge in [-0.3, -0.25) is 4.79 Å². The van der Waals surface area contributed by atoms with Crippen molar-refractivity contribution >= 4 is 5.69 Å². The van der Waals surface area contributed by atoms with Crippen molar-refractivity contribution in [1.29, 1.82) is 0 Å². The number of halogens is 2. The van der Waals surface area contributed by atoms with Crippen LogP contribution in [0.1, 0.15) is 17.7 Å². The van der Waals surface area contributed by atoms with E-state index in [-0.39, 0.29) is 12.2 Å². The molecule has 0 aliphatic carbocycles. The van der Waals surface area contributed by atoms with E-state index in [0.717, 1.165) is 0 Å². The molecule has 1 aromatic rings. The number of aromatic amines is 1. The van der Waals surface area contributed by atoms with Crippen LogP contribution in [0, 0.1) is 0 Å². The average molecular weight is 189 g/mol. The van der Waals surface area contributed by atoms with Crippen LogP contribution in [0.3, 0.4) is 0 Å². The molecule has 0 amide bonds. The van der Waals surface area contributed by atoms with Crippen molar-refractivity contribution in [1.82, 2.24) is 4.98 Å². The van der Waals surface area contributed by atoms with Gasteiger partial charge >= 0.3 is 0 Å². The highest BCUT2D eigenvalue weighted by atomic mass is 19.3. The van der Waals surface area contributed by atoms with Crippen molar-refractivity contribution in [2.24, 2.45) is 5.73 Å². The zero-order chi connectivity index (χ0) is 10.0. The minimum Gasteiger partial charge on any atom is -0.398 e. The second-order valence-electron chi connectivity index (χ2n) is 2.50. The molecule has 4 nitrogen and oxygen atoms in total. The summed E-state index contributed by atoms with van der Waals surface area (Å²) in [6.07, 6.45) is -2.87. The van der Waals surface area contributed by atoms with Gasteiger partial charge in [0.15, 0.2) is 0 Å². The molecule has 13 heavy (non-hydrogen) atoms. The van der Waals surface area contributed by atoms with Crippen molar-refractivity contribution in [2.45, 2.75) is 13.0 Å². The molecule has 1 aromatic heterocycles. The van der Waals surface area contributed by atoms with Crippen molar-refractivity contribution in [3.8, 4) is 0 Å². The minimum atomic E-state index is -2.87. The van der Waals surface area contributed by atoms with Gasteiger partial charge < -0.3 is 16.5 Å². The Morgan fingerprint density at radius 1 is 1.54 bits per heavy atom. The first kappa shape index (κ1) is 9.66. The number of nitrogen functional groups attached to an aromatic ring is 1.